The Kier molecular flexibility index (Phi) is 3.41. The van der Waals surface area contributed by atoms with Gasteiger partial charge in [-0.05, 0) is 39.3 Å². The zero-order chi connectivity index (χ0) is 12.8. The zero-order valence-corrected chi connectivity index (χ0v) is 12.1. The third kappa shape index (κ3) is 2.00. The number of ether oxygens (including phenoxy) is 1. The largest absolute Gasteiger partial charge is 0.377 e. The molecule has 4 atom stereocenters. The second-order valence-corrected chi connectivity index (χ2v) is 7.08. The SMILES string of the molecule is CN1CCCC1CNC1C2CCCOC2C1(C)C. The van der Waals surface area contributed by atoms with Gasteiger partial charge in [0.15, 0.2) is 0 Å². The van der Waals surface area contributed by atoms with Crippen molar-refractivity contribution < 1.29 is 4.74 Å². The molecule has 0 aromatic rings. The predicted molar refractivity (Wildman–Crippen MR) is 73.7 cm³/mol. The van der Waals surface area contributed by atoms with Crippen LogP contribution in [-0.4, -0.2) is 49.8 Å². The number of rotatable bonds is 3. The normalized spacial score (nSPS) is 43.5. The number of likely N-dealkylation sites (tertiary alicyclic amines) is 1. The molecule has 1 N–H and O–H groups in total. The molecule has 3 rings (SSSR count). The Labute approximate surface area is 111 Å². The lowest BCUT2D eigenvalue weighted by Gasteiger charge is -2.60. The van der Waals surface area contributed by atoms with Crippen LogP contribution in [-0.2, 0) is 4.74 Å². The topological polar surface area (TPSA) is 24.5 Å². The average molecular weight is 252 g/mol. The van der Waals surface area contributed by atoms with E-state index in [0.717, 1.165) is 25.1 Å². The Balaban J connectivity index is 1.55. The van der Waals surface area contributed by atoms with Crippen LogP contribution in [0.5, 0.6) is 0 Å². The van der Waals surface area contributed by atoms with Crippen molar-refractivity contribution in [2.75, 3.05) is 26.7 Å². The molecule has 0 spiro atoms. The smallest absolute Gasteiger partial charge is 0.0684 e. The number of hydrogen-bond donors (Lipinski definition) is 1. The Hall–Kier alpha value is -0.120. The van der Waals surface area contributed by atoms with Crippen LogP contribution in [0, 0.1) is 11.3 Å². The maximum absolute atomic E-state index is 5.96. The number of likely N-dealkylation sites (N-methyl/N-ethyl adjacent to an activating group) is 1. The summed E-state index contributed by atoms with van der Waals surface area (Å²) in [5.74, 6) is 0.764. The minimum atomic E-state index is 0.322. The summed E-state index contributed by atoms with van der Waals surface area (Å²) in [4.78, 5) is 2.51. The van der Waals surface area contributed by atoms with Crippen molar-refractivity contribution in [3.8, 4) is 0 Å². The Morgan fingerprint density at radius 1 is 1.28 bits per heavy atom. The fraction of sp³-hybridized carbons (Fsp3) is 1.00. The van der Waals surface area contributed by atoms with E-state index in [1.807, 2.05) is 0 Å². The molecule has 0 aromatic heterocycles. The molecule has 104 valence electrons. The van der Waals surface area contributed by atoms with E-state index in [1.54, 1.807) is 0 Å². The maximum atomic E-state index is 5.96. The van der Waals surface area contributed by atoms with Gasteiger partial charge < -0.3 is 15.0 Å². The van der Waals surface area contributed by atoms with E-state index in [-0.39, 0.29) is 0 Å². The van der Waals surface area contributed by atoms with Crippen LogP contribution in [0.4, 0.5) is 0 Å². The van der Waals surface area contributed by atoms with E-state index in [1.165, 1.54) is 32.2 Å². The lowest BCUT2D eigenvalue weighted by molar-refractivity contribution is -0.192. The van der Waals surface area contributed by atoms with E-state index in [0.29, 0.717) is 17.6 Å². The van der Waals surface area contributed by atoms with Crippen molar-refractivity contribution in [2.24, 2.45) is 11.3 Å². The van der Waals surface area contributed by atoms with Crippen LogP contribution in [0.3, 0.4) is 0 Å². The average Bonchev–Trinajstić information content (AvgIpc) is 2.75. The van der Waals surface area contributed by atoms with Gasteiger partial charge in [-0.3, -0.25) is 0 Å². The minimum Gasteiger partial charge on any atom is -0.377 e. The highest BCUT2D eigenvalue weighted by Crippen LogP contribution is 2.51. The Bertz CT molecular complexity index is 305. The monoisotopic (exact) mass is 252 g/mol. The molecule has 3 aliphatic rings. The number of nitrogens with one attached hydrogen (secondary N) is 1. The molecular formula is C15H28N2O. The standard InChI is InChI=1S/C15H28N2O/c1-15(2)13(12-7-5-9-18-14(12)15)16-10-11-6-4-8-17(11)3/h11-14,16H,4-10H2,1-3H3. The van der Waals surface area contributed by atoms with Gasteiger partial charge in [-0.15, -0.1) is 0 Å². The third-order valence-electron chi connectivity index (χ3n) is 5.58. The summed E-state index contributed by atoms with van der Waals surface area (Å²) in [6.45, 7) is 8.15. The van der Waals surface area contributed by atoms with Gasteiger partial charge in [-0.25, -0.2) is 0 Å². The van der Waals surface area contributed by atoms with Gasteiger partial charge in [0.05, 0.1) is 6.10 Å². The molecule has 2 heterocycles. The fourth-order valence-corrected chi connectivity index (χ4v) is 4.44. The predicted octanol–water partition coefficient (Wildman–Crippen LogP) is 1.87. The number of fused-ring (bicyclic) bond motifs is 1. The summed E-state index contributed by atoms with van der Waals surface area (Å²) >= 11 is 0. The van der Waals surface area contributed by atoms with Gasteiger partial charge in [0.2, 0.25) is 0 Å². The zero-order valence-electron chi connectivity index (χ0n) is 12.1. The molecular weight excluding hydrogens is 224 g/mol. The van der Waals surface area contributed by atoms with E-state index in [4.69, 9.17) is 4.74 Å². The molecule has 0 radical (unpaired) electrons. The first-order valence-corrected chi connectivity index (χ1v) is 7.66. The van der Waals surface area contributed by atoms with E-state index < -0.39 is 0 Å². The second-order valence-electron chi connectivity index (χ2n) is 7.08. The number of nitrogens with zero attached hydrogens (tertiary/aromatic N) is 1. The summed E-state index contributed by atoms with van der Waals surface area (Å²) in [5.41, 5.74) is 0.322. The van der Waals surface area contributed by atoms with Gasteiger partial charge >= 0.3 is 0 Å². The fourth-order valence-electron chi connectivity index (χ4n) is 4.44. The highest BCUT2D eigenvalue weighted by Gasteiger charge is 2.57. The lowest BCUT2D eigenvalue weighted by atomic mass is 9.55. The third-order valence-corrected chi connectivity index (χ3v) is 5.58. The van der Waals surface area contributed by atoms with Crippen LogP contribution in [0.15, 0.2) is 0 Å². The first kappa shape index (κ1) is 12.9. The molecule has 4 unspecified atom stereocenters. The molecule has 0 aromatic carbocycles. The summed E-state index contributed by atoms with van der Waals surface area (Å²) < 4.78 is 5.96. The summed E-state index contributed by atoms with van der Waals surface area (Å²) in [5, 5.41) is 3.86. The van der Waals surface area contributed by atoms with Crippen molar-refractivity contribution in [1.82, 2.24) is 10.2 Å². The summed E-state index contributed by atoms with van der Waals surface area (Å²) in [6.07, 6.45) is 5.84. The van der Waals surface area contributed by atoms with Gasteiger partial charge in [0, 0.05) is 36.6 Å². The quantitative estimate of drug-likeness (QED) is 0.830. The van der Waals surface area contributed by atoms with Crippen LogP contribution in [0.2, 0.25) is 0 Å². The summed E-state index contributed by atoms with van der Waals surface area (Å²) in [7, 11) is 2.26. The van der Waals surface area contributed by atoms with Crippen molar-refractivity contribution >= 4 is 0 Å². The molecule has 3 nitrogen and oxygen atoms in total. The highest BCUT2D eigenvalue weighted by atomic mass is 16.5. The molecule has 0 bridgehead atoms. The minimum absolute atomic E-state index is 0.322. The Morgan fingerprint density at radius 2 is 2.11 bits per heavy atom. The molecule has 1 saturated carbocycles. The maximum Gasteiger partial charge on any atom is 0.0684 e. The lowest BCUT2D eigenvalue weighted by Crippen LogP contribution is -2.70. The van der Waals surface area contributed by atoms with Crippen LogP contribution in [0.25, 0.3) is 0 Å². The van der Waals surface area contributed by atoms with Gasteiger partial charge in [-0.2, -0.15) is 0 Å². The van der Waals surface area contributed by atoms with Gasteiger partial charge in [0.1, 0.15) is 0 Å². The van der Waals surface area contributed by atoms with Crippen LogP contribution in [0.1, 0.15) is 39.5 Å². The Morgan fingerprint density at radius 3 is 2.83 bits per heavy atom. The summed E-state index contributed by atoms with van der Waals surface area (Å²) in [6, 6.07) is 1.42. The molecule has 0 amide bonds. The molecule has 1 aliphatic carbocycles. The highest BCUT2D eigenvalue weighted by molar-refractivity contribution is 5.10. The van der Waals surface area contributed by atoms with Crippen LogP contribution < -0.4 is 5.32 Å². The second kappa shape index (κ2) is 4.77. The van der Waals surface area contributed by atoms with Crippen molar-refractivity contribution in [3.05, 3.63) is 0 Å². The molecule has 2 saturated heterocycles. The molecule has 18 heavy (non-hydrogen) atoms. The van der Waals surface area contributed by atoms with E-state index in [2.05, 4.69) is 31.1 Å². The van der Waals surface area contributed by atoms with E-state index >= 15 is 0 Å². The van der Waals surface area contributed by atoms with Crippen molar-refractivity contribution in [2.45, 2.75) is 57.7 Å². The first-order chi connectivity index (χ1) is 8.60. The van der Waals surface area contributed by atoms with Crippen LogP contribution >= 0.6 is 0 Å². The first-order valence-electron chi connectivity index (χ1n) is 7.66. The molecule has 3 fully saturated rings. The van der Waals surface area contributed by atoms with Gasteiger partial charge in [-0.1, -0.05) is 13.8 Å². The van der Waals surface area contributed by atoms with Gasteiger partial charge in [0.25, 0.3) is 0 Å². The van der Waals surface area contributed by atoms with E-state index in [9.17, 15) is 0 Å². The van der Waals surface area contributed by atoms with Crippen molar-refractivity contribution in [1.29, 1.82) is 0 Å². The van der Waals surface area contributed by atoms with Crippen molar-refractivity contribution in [3.63, 3.8) is 0 Å². The number of hydrogen-bond acceptors (Lipinski definition) is 3. The molecule has 3 heteroatoms. The molecule has 2 aliphatic heterocycles.